The normalized spacial score (nSPS) is 22.6. The molecule has 1 aliphatic carbocycles. The number of carbonyl (C=O) groups excluding carboxylic acids is 1. The minimum atomic E-state index is -0.00572. The average molecular weight is 340 g/mol. The summed E-state index contributed by atoms with van der Waals surface area (Å²) in [7, 11) is 0. The highest BCUT2D eigenvalue weighted by Crippen LogP contribution is 2.27. The lowest BCUT2D eigenvalue weighted by Crippen LogP contribution is -2.32. The molecule has 0 saturated heterocycles. The summed E-state index contributed by atoms with van der Waals surface area (Å²) in [5.74, 6) is 0.452. The van der Waals surface area contributed by atoms with Crippen LogP contribution in [0.1, 0.15) is 48.5 Å². The number of nitrogens with one attached hydrogen (secondary N) is 1. The molecule has 1 saturated carbocycles. The highest BCUT2D eigenvalue weighted by molar-refractivity contribution is 7.11. The quantitative estimate of drug-likeness (QED) is 0.885. The van der Waals surface area contributed by atoms with Crippen LogP contribution in [0.2, 0.25) is 0 Å². The number of nitrogens with zero attached hydrogens (tertiary/aromatic N) is 1. The summed E-state index contributed by atoms with van der Waals surface area (Å²) in [5.41, 5.74) is 5.98. The second kappa shape index (κ2) is 8.82. The summed E-state index contributed by atoms with van der Waals surface area (Å²) in [6.07, 6.45) is 5.68. The average Bonchev–Trinajstić information content (AvgIpc) is 2.89. The third-order valence-electron chi connectivity index (χ3n) is 3.55. The van der Waals surface area contributed by atoms with Gasteiger partial charge < -0.3 is 11.1 Å². The number of aryl methyl sites for hydroxylation is 1. The van der Waals surface area contributed by atoms with Gasteiger partial charge in [0, 0.05) is 23.5 Å². The molecule has 1 unspecified atom stereocenters. The number of aromatic nitrogens is 1. The molecule has 1 fully saturated rings. The zero-order valence-electron chi connectivity index (χ0n) is 11.8. The van der Waals surface area contributed by atoms with E-state index < -0.39 is 0 Å². The Kier molecular flexibility index (Phi) is 8.66. The first-order valence-corrected chi connectivity index (χ1v) is 7.35. The third kappa shape index (κ3) is 5.20. The SMILES string of the molecule is Cc1cnc(C(C)NC(=O)C[C@@H]2CCC[C@H]2N)s1.Cl.Cl. The van der Waals surface area contributed by atoms with E-state index in [0.29, 0.717) is 12.3 Å². The lowest BCUT2D eigenvalue weighted by molar-refractivity contribution is -0.122. The fraction of sp³-hybridized carbons (Fsp3) is 0.692. The van der Waals surface area contributed by atoms with E-state index in [9.17, 15) is 4.79 Å². The molecule has 1 aromatic rings. The number of thiazole rings is 1. The maximum Gasteiger partial charge on any atom is 0.220 e. The minimum Gasteiger partial charge on any atom is -0.347 e. The van der Waals surface area contributed by atoms with Crippen molar-refractivity contribution in [3.8, 4) is 0 Å². The molecule has 7 heteroatoms. The van der Waals surface area contributed by atoms with Crippen LogP contribution < -0.4 is 11.1 Å². The van der Waals surface area contributed by atoms with Gasteiger partial charge in [0.05, 0.1) is 6.04 Å². The predicted molar refractivity (Wildman–Crippen MR) is 87.8 cm³/mol. The maximum absolute atomic E-state index is 11.9. The van der Waals surface area contributed by atoms with Crippen LogP contribution in [-0.2, 0) is 4.79 Å². The van der Waals surface area contributed by atoms with E-state index in [4.69, 9.17) is 5.73 Å². The summed E-state index contributed by atoms with van der Waals surface area (Å²) >= 11 is 1.63. The number of carbonyl (C=O) groups is 1. The molecule has 116 valence electrons. The van der Waals surface area contributed by atoms with E-state index in [1.54, 1.807) is 11.3 Å². The van der Waals surface area contributed by atoms with E-state index in [0.717, 1.165) is 24.3 Å². The van der Waals surface area contributed by atoms with Gasteiger partial charge in [-0.25, -0.2) is 4.98 Å². The number of rotatable bonds is 4. The number of hydrogen-bond acceptors (Lipinski definition) is 4. The molecule has 1 aromatic heterocycles. The molecular weight excluding hydrogens is 317 g/mol. The van der Waals surface area contributed by atoms with Crippen LogP contribution in [0.25, 0.3) is 0 Å². The van der Waals surface area contributed by atoms with Crippen molar-refractivity contribution in [2.75, 3.05) is 0 Å². The number of amides is 1. The Bertz CT molecular complexity index is 428. The van der Waals surface area contributed by atoms with E-state index in [1.807, 2.05) is 20.0 Å². The van der Waals surface area contributed by atoms with Crippen LogP contribution >= 0.6 is 36.2 Å². The van der Waals surface area contributed by atoms with Crippen molar-refractivity contribution in [3.05, 3.63) is 16.1 Å². The van der Waals surface area contributed by atoms with Gasteiger partial charge >= 0.3 is 0 Å². The molecule has 0 bridgehead atoms. The molecule has 4 nitrogen and oxygen atoms in total. The molecule has 0 aliphatic heterocycles. The van der Waals surface area contributed by atoms with Crippen molar-refractivity contribution in [1.29, 1.82) is 0 Å². The Hall–Kier alpha value is -0.360. The number of halogens is 2. The fourth-order valence-electron chi connectivity index (χ4n) is 2.49. The molecule has 1 heterocycles. The molecule has 0 spiro atoms. The lowest BCUT2D eigenvalue weighted by Gasteiger charge is -2.17. The second-order valence-corrected chi connectivity index (χ2v) is 6.42. The van der Waals surface area contributed by atoms with E-state index in [-0.39, 0.29) is 42.8 Å². The molecule has 1 aliphatic rings. The zero-order valence-corrected chi connectivity index (χ0v) is 14.2. The standard InChI is InChI=1S/C13H21N3OS.2ClH/c1-8-7-15-13(18-8)9(2)16-12(17)6-10-4-3-5-11(10)14;;/h7,9-11H,3-6,14H2,1-2H3,(H,16,17);2*1H/t9?,10-,11+;;/m0../s1. The number of hydrogen-bond donors (Lipinski definition) is 2. The Morgan fingerprint density at radius 1 is 1.55 bits per heavy atom. The van der Waals surface area contributed by atoms with Gasteiger partial charge in [0.25, 0.3) is 0 Å². The Balaban J connectivity index is 0.00000180. The minimum absolute atomic E-state index is 0. The summed E-state index contributed by atoms with van der Waals surface area (Å²) in [4.78, 5) is 17.4. The van der Waals surface area contributed by atoms with Crippen molar-refractivity contribution < 1.29 is 4.79 Å². The smallest absolute Gasteiger partial charge is 0.220 e. The summed E-state index contributed by atoms with van der Waals surface area (Å²) in [6.45, 7) is 4.00. The van der Waals surface area contributed by atoms with Gasteiger partial charge in [0.2, 0.25) is 5.91 Å². The van der Waals surface area contributed by atoms with Crippen LogP contribution in [0.15, 0.2) is 6.20 Å². The first-order chi connectivity index (χ1) is 8.56. The van der Waals surface area contributed by atoms with Gasteiger partial charge in [-0.15, -0.1) is 36.2 Å². The Labute approximate surface area is 136 Å². The van der Waals surface area contributed by atoms with Gasteiger partial charge in [-0.05, 0) is 32.6 Å². The van der Waals surface area contributed by atoms with E-state index in [1.165, 1.54) is 4.88 Å². The Morgan fingerprint density at radius 2 is 2.25 bits per heavy atom. The van der Waals surface area contributed by atoms with Crippen LogP contribution in [0.5, 0.6) is 0 Å². The van der Waals surface area contributed by atoms with Gasteiger partial charge in [0.15, 0.2) is 0 Å². The second-order valence-electron chi connectivity index (χ2n) is 5.16. The molecule has 20 heavy (non-hydrogen) atoms. The zero-order chi connectivity index (χ0) is 13.1. The molecular formula is C13H23Cl2N3OS. The summed E-state index contributed by atoms with van der Waals surface area (Å²) < 4.78 is 0. The van der Waals surface area contributed by atoms with Crippen molar-refractivity contribution in [1.82, 2.24) is 10.3 Å². The van der Waals surface area contributed by atoms with Crippen molar-refractivity contribution in [2.45, 2.75) is 51.6 Å². The maximum atomic E-state index is 11.9. The third-order valence-corrected chi connectivity index (χ3v) is 4.65. The predicted octanol–water partition coefficient (Wildman–Crippen LogP) is 2.99. The molecule has 2 rings (SSSR count). The largest absolute Gasteiger partial charge is 0.347 e. The lowest BCUT2D eigenvalue weighted by atomic mass is 10.00. The van der Waals surface area contributed by atoms with Gasteiger partial charge in [-0.1, -0.05) is 6.42 Å². The first kappa shape index (κ1) is 19.6. The van der Waals surface area contributed by atoms with E-state index >= 15 is 0 Å². The van der Waals surface area contributed by atoms with Gasteiger partial charge in [-0.3, -0.25) is 4.79 Å². The molecule has 0 aromatic carbocycles. The van der Waals surface area contributed by atoms with Crippen molar-refractivity contribution in [3.63, 3.8) is 0 Å². The van der Waals surface area contributed by atoms with Crippen LogP contribution in [0.3, 0.4) is 0 Å². The van der Waals surface area contributed by atoms with Crippen molar-refractivity contribution >= 4 is 42.1 Å². The first-order valence-electron chi connectivity index (χ1n) is 6.53. The van der Waals surface area contributed by atoms with Crippen LogP contribution in [0, 0.1) is 12.8 Å². The highest BCUT2D eigenvalue weighted by atomic mass is 35.5. The molecule has 3 N–H and O–H groups in total. The Morgan fingerprint density at radius 3 is 2.75 bits per heavy atom. The number of nitrogens with two attached hydrogens (primary N) is 1. The van der Waals surface area contributed by atoms with Gasteiger partial charge in [-0.2, -0.15) is 0 Å². The summed E-state index contributed by atoms with van der Waals surface area (Å²) in [6, 6.07) is 0.196. The van der Waals surface area contributed by atoms with Crippen LogP contribution in [-0.4, -0.2) is 16.9 Å². The monoisotopic (exact) mass is 339 g/mol. The summed E-state index contributed by atoms with van der Waals surface area (Å²) in [5, 5.41) is 3.98. The topological polar surface area (TPSA) is 68.0 Å². The molecule has 1 amide bonds. The van der Waals surface area contributed by atoms with E-state index in [2.05, 4.69) is 10.3 Å². The van der Waals surface area contributed by atoms with Gasteiger partial charge in [0.1, 0.15) is 5.01 Å². The molecule has 3 atom stereocenters. The fourth-order valence-corrected chi connectivity index (χ4v) is 3.27. The molecule has 0 radical (unpaired) electrons. The van der Waals surface area contributed by atoms with Crippen LogP contribution in [0.4, 0.5) is 0 Å². The van der Waals surface area contributed by atoms with Crippen molar-refractivity contribution in [2.24, 2.45) is 11.7 Å². The highest BCUT2D eigenvalue weighted by Gasteiger charge is 2.26.